The highest BCUT2D eigenvalue weighted by Gasteiger charge is 2.22. The van der Waals surface area contributed by atoms with E-state index in [9.17, 15) is 4.79 Å². The lowest BCUT2D eigenvalue weighted by Gasteiger charge is -2.29. The Hall–Kier alpha value is -1.75. The molecule has 1 amide bonds. The molecule has 2 aliphatic rings. The van der Waals surface area contributed by atoms with E-state index in [1.807, 2.05) is 6.92 Å². The van der Waals surface area contributed by atoms with Crippen molar-refractivity contribution in [3.05, 3.63) is 23.8 Å². The van der Waals surface area contributed by atoms with Gasteiger partial charge >= 0.3 is 0 Å². The molecule has 0 radical (unpaired) electrons. The molecule has 2 unspecified atom stereocenters. The molecule has 2 atom stereocenters. The molecule has 1 fully saturated rings. The smallest absolute Gasteiger partial charge is 0.251 e. The van der Waals surface area contributed by atoms with Crippen molar-refractivity contribution < 1.29 is 14.3 Å². The topological polar surface area (TPSA) is 59.6 Å². The lowest BCUT2D eigenvalue weighted by atomic mass is 9.99. The summed E-state index contributed by atoms with van der Waals surface area (Å²) in [5, 5.41) is 6.52. The number of benzene rings is 1. The maximum atomic E-state index is 12.3. The van der Waals surface area contributed by atoms with Gasteiger partial charge in [0.15, 0.2) is 11.5 Å². The number of piperidine rings is 1. The Balaban J connectivity index is 1.63. The summed E-state index contributed by atoms with van der Waals surface area (Å²) in [5.41, 5.74) is 0.608. The number of fused-ring (bicyclic) bond motifs is 1. The minimum atomic E-state index is -0.0665. The van der Waals surface area contributed by atoms with Crippen molar-refractivity contribution in [1.29, 1.82) is 0 Å². The second-order valence-electron chi connectivity index (χ2n) is 5.39. The fourth-order valence-electron chi connectivity index (χ4n) is 2.73. The maximum Gasteiger partial charge on any atom is 0.251 e. The molecule has 3 rings (SSSR count). The van der Waals surface area contributed by atoms with Crippen LogP contribution in [0.15, 0.2) is 18.2 Å². The van der Waals surface area contributed by atoms with Crippen molar-refractivity contribution in [2.24, 2.45) is 0 Å². The molecule has 1 saturated heterocycles. The van der Waals surface area contributed by atoms with E-state index < -0.39 is 0 Å². The molecule has 0 spiro atoms. The Kier molecular flexibility index (Phi) is 3.78. The minimum absolute atomic E-state index is 0.0665. The van der Waals surface area contributed by atoms with E-state index in [4.69, 9.17) is 9.47 Å². The van der Waals surface area contributed by atoms with Gasteiger partial charge in [-0.3, -0.25) is 4.79 Å². The van der Waals surface area contributed by atoms with Crippen LogP contribution in [0, 0.1) is 0 Å². The zero-order valence-electron chi connectivity index (χ0n) is 11.6. The van der Waals surface area contributed by atoms with Crippen molar-refractivity contribution in [3.63, 3.8) is 0 Å². The van der Waals surface area contributed by atoms with Crippen LogP contribution in [0.25, 0.3) is 0 Å². The van der Waals surface area contributed by atoms with Crippen molar-refractivity contribution in [2.75, 3.05) is 13.3 Å². The normalized spacial score (nSPS) is 22.4. The fourth-order valence-corrected chi connectivity index (χ4v) is 2.73. The van der Waals surface area contributed by atoms with Crippen LogP contribution < -0.4 is 20.1 Å². The summed E-state index contributed by atoms with van der Waals surface area (Å²) in [6.45, 7) is 3.31. The van der Waals surface area contributed by atoms with Gasteiger partial charge in [0, 0.05) is 17.6 Å². The van der Waals surface area contributed by atoms with Crippen molar-refractivity contribution in [3.8, 4) is 11.5 Å². The SMILES string of the molecule is CC(NC(=O)c1ccc2c(c1)OCO2)C1CCCCN1. The van der Waals surface area contributed by atoms with Crippen LogP contribution >= 0.6 is 0 Å². The lowest BCUT2D eigenvalue weighted by Crippen LogP contribution is -2.50. The molecule has 0 bridgehead atoms. The number of ether oxygens (including phenoxy) is 2. The highest BCUT2D eigenvalue weighted by Crippen LogP contribution is 2.32. The van der Waals surface area contributed by atoms with Crippen LogP contribution in [-0.4, -0.2) is 31.3 Å². The Labute approximate surface area is 118 Å². The van der Waals surface area contributed by atoms with Gasteiger partial charge in [-0.2, -0.15) is 0 Å². The standard InChI is InChI=1S/C15H20N2O3/c1-10(12-4-2-3-7-16-12)17-15(18)11-5-6-13-14(8-11)20-9-19-13/h5-6,8,10,12,16H,2-4,7,9H2,1H3,(H,17,18). The van der Waals surface area contributed by atoms with Gasteiger partial charge in [0.2, 0.25) is 6.79 Å². The van der Waals surface area contributed by atoms with Gasteiger partial charge in [0.05, 0.1) is 0 Å². The molecular weight excluding hydrogens is 256 g/mol. The molecule has 0 saturated carbocycles. The van der Waals surface area contributed by atoms with Gasteiger partial charge in [-0.1, -0.05) is 6.42 Å². The van der Waals surface area contributed by atoms with Gasteiger partial charge in [-0.05, 0) is 44.5 Å². The average molecular weight is 276 g/mol. The third kappa shape index (κ3) is 2.72. The zero-order chi connectivity index (χ0) is 13.9. The molecule has 1 aromatic rings. The van der Waals surface area contributed by atoms with E-state index in [1.165, 1.54) is 12.8 Å². The third-order valence-electron chi connectivity index (χ3n) is 3.95. The Morgan fingerprint density at radius 3 is 3.00 bits per heavy atom. The molecule has 0 aromatic heterocycles. The zero-order valence-corrected chi connectivity index (χ0v) is 11.6. The molecule has 2 heterocycles. The number of amides is 1. The Morgan fingerprint density at radius 2 is 2.20 bits per heavy atom. The minimum Gasteiger partial charge on any atom is -0.454 e. The average Bonchev–Trinajstić information content (AvgIpc) is 2.95. The maximum absolute atomic E-state index is 12.3. The van der Waals surface area contributed by atoms with E-state index in [-0.39, 0.29) is 18.7 Å². The van der Waals surface area contributed by atoms with Gasteiger partial charge in [0.25, 0.3) is 5.91 Å². The van der Waals surface area contributed by atoms with E-state index >= 15 is 0 Å². The second-order valence-corrected chi connectivity index (χ2v) is 5.39. The largest absolute Gasteiger partial charge is 0.454 e. The summed E-state index contributed by atoms with van der Waals surface area (Å²) in [7, 11) is 0. The van der Waals surface area contributed by atoms with Gasteiger partial charge in [0.1, 0.15) is 0 Å². The quantitative estimate of drug-likeness (QED) is 0.882. The first-order valence-corrected chi connectivity index (χ1v) is 7.18. The van der Waals surface area contributed by atoms with Gasteiger partial charge in [-0.25, -0.2) is 0 Å². The molecule has 20 heavy (non-hydrogen) atoms. The lowest BCUT2D eigenvalue weighted by molar-refractivity contribution is 0.0927. The molecule has 0 aliphatic carbocycles. The summed E-state index contributed by atoms with van der Waals surface area (Å²) in [6, 6.07) is 5.76. The van der Waals surface area contributed by atoms with Gasteiger partial charge < -0.3 is 20.1 Å². The second kappa shape index (κ2) is 5.71. The van der Waals surface area contributed by atoms with Crippen molar-refractivity contribution >= 4 is 5.91 Å². The van der Waals surface area contributed by atoms with Crippen LogP contribution in [0.5, 0.6) is 11.5 Å². The number of carbonyl (C=O) groups excluding carboxylic acids is 1. The summed E-state index contributed by atoms with van der Waals surface area (Å²) >= 11 is 0. The van der Waals surface area contributed by atoms with Crippen LogP contribution in [-0.2, 0) is 0 Å². The van der Waals surface area contributed by atoms with Crippen LogP contribution in [0.3, 0.4) is 0 Å². The van der Waals surface area contributed by atoms with Crippen molar-refractivity contribution in [2.45, 2.75) is 38.3 Å². The number of nitrogens with one attached hydrogen (secondary N) is 2. The van der Waals surface area contributed by atoms with Gasteiger partial charge in [-0.15, -0.1) is 0 Å². The molecule has 5 nitrogen and oxygen atoms in total. The predicted molar refractivity (Wildman–Crippen MR) is 75.1 cm³/mol. The molecular formula is C15H20N2O3. The highest BCUT2D eigenvalue weighted by molar-refractivity contribution is 5.95. The van der Waals surface area contributed by atoms with E-state index in [2.05, 4.69) is 10.6 Å². The summed E-state index contributed by atoms with van der Waals surface area (Å²) in [6.07, 6.45) is 3.56. The van der Waals surface area contributed by atoms with E-state index in [1.54, 1.807) is 18.2 Å². The summed E-state index contributed by atoms with van der Waals surface area (Å²) in [4.78, 5) is 12.3. The van der Waals surface area contributed by atoms with E-state index in [0.29, 0.717) is 23.1 Å². The first-order chi connectivity index (χ1) is 9.74. The van der Waals surface area contributed by atoms with Crippen LogP contribution in [0.2, 0.25) is 0 Å². The molecule has 5 heteroatoms. The Bertz CT molecular complexity index is 498. The van der Waals surface area contributed by atoms with E-state index in [0.717, 1.165) is 13.0 Å². The first kappa shape index (κ1) is 13.2. The summed E-state index contributed by atoms with van der Waals surface area (Å²) in [5.74, 6) is 1.27. The molecule has 2 N–H and O–H groups in total. The van der Waals surface area contributed by atoms with Crippen LogP contribution in [0.4, 0.5) is 0 Å². The summed E-state index contributed by atoms with van der Waals surface area (Å²) < 4.78 is 10.5. The molecule has 2 aliphatic heterocycles. The first-order valence-electron chi connectivity index (χ1n) is 7.18. The number of hydrogen-bond donors (Lipinski definition) is 2. The Morgan fingerprint density at radius 1 is 1.35 bits per heavy atom. The third-order valence-corrected chi connectivity index (χ3v) is 3.95. The predicted octanol–water partition coefficient (Wildman–Crippen LogP) is 1.68. The van der Waals surface area contributed by atoms with Crippen molar-refractivity contribution in [1.82, 2.24) is 10.6 Å². The molecule has 1 aromatic carbocycles. The number of rotatable bonds is 3. The number of hydrogen-bond acceptors (Lipinski definition) is 4. The number of carbonyl (C=O) groups is 1. The fraction of sp³-hybridized carbons (Fsp3) is 0.533. The monoisotopic (exact) mass is 276 g/mol. The van der Waals surface area contributed by atoms with Crippen LogP contribution in [0.1, 0.15) is 36.5 Å². The molecule has 108 valence electrons. The highest BCUT2D eigenvalue weighted by atomic mass is 16.7.